The number of hydrogen-bond acceptors (Lipinski definition) is 6. The van der Waals surface area contributed by atoms with E-state index in [9.17, 15) is 9.59 Å². The predicted molar refractivity (Wildman–Crippen MR) is 88.0 cm³/mol. The Labute approximate surface area is 143 Å². The molecule has 2 aromatic rings. The van der Waals surface area contributed by atoms with Crippen LogP contribution in [0.5, 0.6) is 11.5 Å². The summed E-state index contributed by atoms with van der Waals surface area (Å²) < 4.78 is 21.3. The number of carbonyl (C=O) groups excluding carboxylic acids is 2. The summed E-state index contributed by atoms with van der Waals surface area (Å²) in [4.78, 5) is 24.6. The van der Waals surface area contributed by atoms with Crippen molar-refractivity contribution < 1.29 is 28.5 Å². The lowest BCUT2D eigenvalue weighted by molar-refractivity contribution is -0.138. The molecule has 0 bridgehead atoms. The van der Waals surface area contributed by atoms with E-state index < -0.39 is 11.9 Å². The van der Waals surface area contributed by atoms with Crippen LogP contribution in [0, 0.1) is 0 Å². The molecule has 2 aliphatic rings. The van der Waals surface area contributed by atoms with E-state index in [1.54, 1.807) is 36.4 Å². The number of hydrogen-bond donors (Lipinski definition) is 0. The zero-order valence-electron chi connectivity index (χ0n) is 13.6. The Kier molecular flexibility index (Phi) is 3.46. The molecule has 0 aromatic heterocycles. The second kappa shape index (κ2) is 5.66. The second-order valence-electron chi connectivity index (χ2n) is 5.58. The maximum Gasteiger partial charge on any atom is 0.344 e. The molecule has 6 heteroatoms. The van der Waals surface area contributed by atoms with Gasteiger partial charge in [0, 0.05) is 16.7 Å². The number of cyclic esters (lactones) is 2. The Hall–Kier alpha value is -3.28. The molecule has 0 fully saturated rings. The number of benzene rings is 2. The summed E-state index contributed by atoms with van der Waals surface area (Å²) in [6.07, 6.45) is 0. The Morgan fingerprint density at radius 2 is 1.56 bits per heavy atom. The summed E-state index contributed by atoms with van der Waals surface area (Å²) in [6, 6.07) is 10.4. The zero-order chi connectivity index (χ0) is 17.6. The third-order valence-corrected chi connectivity index (χ3v) is 4.26. The largest absolute Gasteiger partial charge is 0.493 e. The average molecular weight is 338 g/mol. The van der Waals surface area contributed by atoms with Gasteiger partial charge in [0.2, 0.25) is 0 Å². The molecular weight excluding hydrogens is 324 g/mol. The van der Waals surface area contributed by atoms with Gasteiger partial charge >= 0.3 is 11.9 Å². The van der Waals surface area contributed by atoms with Crippen molar-refractivity contribution in [3.8, 4) is 11.5 Å². The number of methoxy groups -OCH3 is 2. The molecular formula is C19H14O6. The summed E-state index contributed by atoms with van der Waals surface area (Å²) in [5.74, 6) is 0.190. The van der Waals surface area contributed by atoms with Crippen LogP contribution < -0.4 is 9.47 Å². The molecule has 2 aliphatic heterocycles. The molecule has 126 valence electrons. The average Bonchev–Trinajstić information content (AvgIpc) is 2.97. The Morgan fingerprint density at radius 1 is 0.880 bits per heavy atom. The number of ether oxygens (including phenoxy) is 4. The topological polar surface area (TPSA) is 71.1 Å². The lowest BCUT2D eigenvalue weighted by atomic mass is 9.93. The SMILES string of the molecule is COc1cc2c(cc1OC)C(=C1OC(=O)c3ccccc31)C(=O)OC2. The van der Waals surface area contributed by atoms with E-state index >= 15 is 0 Å². The molecule has 0 saturated heterocycles. The Bertz CT molecular complexity index is 941. The lowest BCUT2D eigenvalue weighted by Gasteiger charge is -2.22. The van der Waals surface area contributed by atoms with Crippen molar-refractivity contribution in [1.82, 2.24) is 0 Å². The molecule has 25 heavy (non-hydrogen) atoms. The van der Waals surface area contributed by atoms with Gasteiger partial charge in [-0.1, -0.05) is 18.2 Å². The minimum atomic E-state index is -0.542. The van der Waals surface area contributed by atoms with Gasteiger partial charge in [0.25, 0.3) is 0 Å². The van der Waals surface area contributed by atoms with Gasteiger partial charge in [0.05, 0.1) is 19.8 Å². The predicted octanol–water partition coefficient (Wildman–Crippen LogP) is 2.80. The molecule has 6 nitrogen and oxygen atoms in total. The van der Waals surface area contributed by atoms with Crippen LogP contribution in [0.15, 0.2) is 36.4 Å². The van der Waals surface area contributed by atoms with E-state index in [0.29, 0.717) is 28.2 Å². The van der Waals surface area contributed by atoms with Crippen molar-refractivity contribution >= 4 is 23.3 Å². The molecule has 0 amide bonds. The first kappa shape index (κ1) is 15.3. The fourth-order valence-electron chi connectivity index (χ4n) is 3.06. The molecule has 0 radical (unpaired) electrons. The van der Waals surface area contributed by atoms with Gasteiger partial charge in [-0.05, 0) is 18.2 Å². The van der Waals surface area contributed by atoms with Crippen LogP contribution in [0.2, 0.25) is 0 Å². The first-order valence-electron chi connectivity index (χ1n) is 7.62. The fraction of sp³-hybridized carbons (Fsp3) is 0.158. The molecule has 0 atom stereocenters. The van der Waals surface area contributed by atoms with E-state index in [4.69, 9.17) is 18.9 Å². The summed E-state index contributed by atoms with van der Waals surface area (Å²) in [5, 5.41) is 0. The van der Waals surface area contributed by atoms with Gasteiger partial charge in [-0.3, -0.25) is 0 Å². The van der Waals surface area contributed by atoms with Crippen LogP contribution in [-0.4, -0.2) is 26.2 Å². The van der Waals surface area contributed by atoms with Crippen molar-refractivity contribution in [2.45, 2.75) is 6.61 Å². The van der Waals surface area contributed by atoms with Crippen molar-refractivity contribution in [2.24, 2.45) is 0 Å². The number of carbonyl (C=O) groups is 2. The van der Waals surface area contributed by atoms with E-state index in [0.717, 1.165) is 5.56 Å². The first-order valence-corrected chi connectivity index (χ1v) is 7.62. The fourth-order valence-corrected chi connectivity index (χ4v) is 3.06. The van der Waals surface area contributed by atoms with Crippen molar-refractivity contribution in [2.75, 3.05) is 14.2 Å². The van der Waals surface area contributed by atoms with Gasteiger partial charge in [-0.25, -0.2) is 9.59 Å². The lowest BCUT2D eigenvalue weighted by Crippen LogP contribution is -2.17. The molecule has 0 aliphatic carbocycles. The summed E-state index contributed by atoms with van der Waals surface area (Å²) in [5.41, 5.74) is 2.56. The highest BCUT2D eigenvalue weighted by Gasteiger charge is 2.35. The molecule has 2 aromatic carbocycles. The van der Waals surface area contributed by atoms with E-state index in [-0.39, 0.29) is 17.9 Å². The molecule has 4 rings (SSSR count). The van der Waals surface area contributed by atoms with Crippen LogP contribution in [0.4, 0.5) is 0 Å². The highest BCUT2D eigenvalue weighted by Crippen LogP contribution is 2.42. The van der Waals surface area contributed by atoms with Gasteiger partial charge in [0.1, 0.15) is 12.2 Å². The van der Waals surface area contributed by atoms with Crippen molar-refractivity contribution in [1.29, 1.82) is 0 Å². The standard InChI is InChI=1S/C19H14O6/c1-22-14-7-10-9-24-19(21)16(13(10)8-15(14)23-2)17-11-5-3-4-6-12(11)18(20)25-17/h3-8H,9H2,1-2H3. The molecule has 0 unspecified atom stereocenters. The summed E-state index contributed by atoms with van der Waals surface area (Å²) >= 11 is 0. The number of fused-ring (bicyclic) bond motifs is 2. The van der Waals surface area contributed by atoms with E-state index in [1.807, 2.05) is 0 Å². The molecule has 0 spiro atoms. The van der Waals surface area contributed by atoms with Crippen molar-refractivity contribution in [3.63, 3.8) is 0 Å². The monoisotopic (exact) mass is 338 g/mol. The minimum absolute atomic E-state index is 0.112. The maximum atomic E-state index is 12.5. The van der Waals surface area contributed by atoms with Gasteiger partial charge < -0.3 is 18.9 Å². The molecule has 0 saturated carbocycles. The second-order valence-corrected chi connectivity index (χ2v) is 5.58. The first-order chi connectivity index (χ1) is 12.1. The Morgan fingerprint density at radius 3 is 2.28 bits per heavy atom. The van der Waals surface area contributed by atoms with Gasteiger partial charge in [-0.2, -0.15) is 0 Å². The normalized spacial score (nSPS) is 18.2. The molecule has 2 heterocycles. The van der Waals surface area contributed by atoms with Crippen LogP contribution in [0.3, 0.4) is 0 Å². The van der Waals surface area contributed by atoms with E-state index in [2.05, 4.69) is 0 Å². The quantitative estimate of drug-likeness (QED) is 0.619. The van der Waals surface area contributed by atoms with Gasteiger partial charge in [-0.15, -0.1) is 0 Å². The summed E-state index contributed by atoms with van der Waals surface area (Å²) in [7, 11) is 3.05. The molecule has 0 N–H and O–H groups in total. The minimum Gasteiger partial charge on any atom is -0.493 e. The third-order valence-electron chi connectivity index (χ3n) is 4.26. The highest BCUT2D eigenvalue weighted by atomic mass is 16.6. The van der Waals surface area contributed by atoms with Crippen LogP contribution in [0.1, 0.15) is 27.0 Å². The van der Waals surface area contributed by atoms with Crippen LogP contribution >= 0.6 is 0 Å². The number of rotatable bonds is 2. The van der Waals surface area contributed by atoms with Crippen LogP contribution in [-0.2, 0) is 20.9 Å². The van der Waals surface area contributed by atoms with Crippen LogP contribution in [0.25, 0.3) is 11.3 Å². The summed E-state index contributed by atoms with van der Waals surface area (Å²) in [6.45, 7) is 0.112. The van der Waals surface area contributed by atoms with Crippen molar-refractivity contribution in [3.05, 3.63) is 58.7 Å². The third kappa shape index (κ3) is 2.26. The maximum absolute atomic E-state index is 12.5. The smallest absolute Gasteiger partial charge is 0.344 e. The zero-order valence-corrected chi connectivity index (χ0v) is 13.6. The number of esters is 2. The van der Waals surface area contributed by atoms with Gasteiger partial charge in [0.15, 0.2) is 17.3 Å². The van der Waals surface area contributed by atoms with E-state index in [1.165, 1.54) is 14.2 Å². The Balaban J connectivity index is 1.99. The highest BCUT2D eigenvalue weighted by molar-refractivity contribution is 6.27.